The van der Waals surface area contributed by atoms with Crippen LogP contribution in [0.4, 0.5) is 0 Å². The van der Waals surface area contributed by atoms with Crippen molar-refractivity contribution in [2.45, 2.75) is 19.8 Å². The maximum Gasteiger partial charge on any atom is 0.118 e. The van der Waals surface area contributed by atoms with Crippen LogP contribution in [0.2, 0.25) is 0 Å². The first kappa shape index (κ1) is 11.7. The number of rotatable bonds is 3. The Balaban J connectivity index is 2.23. The number of ether oxygens (including phenoxy) is 1. The van der Waals surface area contributed by atoms with Gasteiger partial charge in [-0.15, -0.1) is 0 Å². The first-order chi connectivity index (χ1) is 8.20. The van der Waals surface area contributed by atoms with Gasteiger partial charge in [-0.05, 0) is 30.2 Å². The van der Waals surface area contributed by atoms with Crippen molar-refractivity contribution in [1.29, 1.82) is 0 Å². The standard InChI is InChI=1S/C16H18O/c1-12-4-6-14(7-5-12)13(2)15-8-10-16(17-3)11-9-15/h4-11,13H,1-3H3. The van der Waals surface area contributed by atoms with Crippen molar-refractivity contribution in [2.75, 3.05) is 7.11 Å². The first-order valence-electron chi connectivity index (χ1n) is 5.91. The van der Waals surface area contributed by atoms with Crippen LogP contribution in [0.25, 0.3) is 0 Å². The molecule has 1 nitrogen and oxygen atoms in total. The Bertz CT molecular complexity index is 468. The highest BCUT2D eigenvalue weighted by Crippen LogP contribution is 2.25. The van der Waals surface area contributed by atoms with E-state index in [1.165, 1.54) is 16.7 Å². The third-order valence-electron chi connectivity index (χ3n) is 3.19. The van der Waals surface area contributed by atoms with E-state index in [-0.39, 0.29) is 0 Å². The molecule has 0 radical (unpaired) electrons. The number of aryl methyl sites for hydroxylation is 1. The summed E-state index contributed by atoms with van der Waals surface area (Å²) in [5, 5.41) is 0. The average molecular weight is 226 g/mol. The van der Waals surface area contributed by atoms with Crippen molar-refractivity contribution >= 4 is 0 Å². The van der Waals surface area contributed by atoms with E-state index in [9.17, 15) is 0 Å². The number of hydrogen-bond acceptors (Lipinski definition) is 1. The molecule has 0 bridgehead atoms. The molecule has 1 atom stereocenters. The zero-order chi connectivity index (χ0) is 12.3. The lowest BCUT2D eigenvalue weighted by Gasteiger charge is -2.13. The molecule has 1 unspecified atom stereocenters. The van der Waals surface area contributed by atoms with Crippen LogP contribution in [-0.2, 0) is 0 Å². The van der Waals surface area contributed by atoms with E-state index in [2.05, 4.69) is 50.2 Å². The smallest absolute Gasteiger partial charge is 0.118 e. The van der Waals surface area contributed by atoms with Gasteiger partial charge in [0.25, 0.3) is 0 Å². The summed E-state index contributed by atoms with van der Waals surface area (Å²) >= 11 is 0. The predicted molar refractivity (Wildman–Crippen MR) is 71.7 cm³/mol. The molecule has 0 heterocycles. The molecule has 0 fully saturated rings. The third kappa shape index (κ3) is 2.68. The van der Waals surface area contributed by atoms with Gasteiger partial charge in [-0.1, -0.05) is 48.9 Å². The van der Waals surface area contributed by atoms with Crippen molar-refractivity contribution in [3.05, 3.63) is 65.2 Å². The Morgan fingerprint density at radius 1 is 0.824 bits per heavy atom. The first-order valence-corrected chi connectivity index (χ1v) is 5.91. The quantitative estimate of drug-likeness (QED) is 0.763. The molecule has 0 spiro atoms. The van der Waals surface area contributed by atoms with Crippen LogP contribution >= 0.6 is 0 Å². The molecule has 0 amide bonds. The van der Waals surface area contributed by atoms with Crippen molar-refractivity contribution < 1.29 is 4.74 Å². The van der Waals surface area contributed by atoms with Gasteiger partial charge >= 0.3 is 0 Å². The molecular weight excluding hydrogens is 208 g/mol. The van der Waals surface area contributed by atoms with Crippen molar-refractivity contribution in [1.82, 2.24) is 0 Å². The minimum Gasteiger partial charge on any atom is -0.497 e. The van der Waals surface area contributed by atoms with Gasteiger partial charge in [0.15, 0.2) is 0 Å². The maximum atomic E-state index is 5.17. The lowest BCUT2D eigenvalue weighted by molar-refractivity contribution is 0.414. The molecular formula is C16H18O. The molecule has 0 aromatic heterocycles. The fourth-order valence-electron chi connectivity index (χ4n) is 1.94. The van der Waals surface area contributed by atoms with Crippen LogP contribution < -0.4 is 4.74 Å². The summed E-state index contributed by atoms with van der Waals surface area (Å²) in [5.41, 5.74) is 3.96. The van der Waals surface area contributed by atoms with Crippen LogP contribution in [-0.4, -0.2) is 7.11 Å². The van der Waals surface area contributed by atoms with Gasteiger partial charge in [-0.2, -0.15) is 0 Å². The summed E-state index contributed by atoms with van der Waals surface area (Å²) in [5.74, 6) is 1.33. The fourth-order valence-corrected chi connectivity index (χ4v) is 1.94. The van der Waals surface area contributed by atoms with Gasteiger partial charge in [0.2, 0.25) is 0 Å². The van der Waals surface area contributed by atoms with E-state index in [0.717, 1.165) is 5.75 Å². The van der Waals surface area contributed by atoms with Gasteiger partial charge in [-0.25, -0.2) is 0 Å². The summed E-state index contributed by atoms with van der Waals surface area (Å²) in [6, 6.07) is 17.0. The lowest BCUT2D eigenvalue weighted by Crippen LogP contribution is -1.96. The average Bonchev–Trinajstić information content (AvgIpc) is 2.39. The van der Waals surface area contributed by atoms with E-state index in [1.54, 1.807) is 7.11 Å². The second kappa shape index (κ2) is 5.05. The second-order valence-electron chi connectivity index (χ2n) is 4.41. The van der Waals surface area contributed by atoms with Crippen LogP contribution in [0.5, 0.6) is 5.75 Å². The van der Waals surface area contributed by atoms with E-state index in [1.807, 2.05) is 12.1 Å². The largest absolute Gasteiger partial charge is 0.497 e. The molecule has 0 saturated carbocycles. The zero-order valence-electron chi connectivity index (χ0n) is 10.6. The van der Waals surface area contributed by atoms with E-state index in [4.69, 9.17) is 4.74 Å². The Hall–Kier alpha value is -1.76. The predicted octanol–water partition coefficient (Wildman–Crippen LogP) is 4.16. The summed E-state index contributed by atoms with van der Waals surface area (Å²) in [6.45, 7) is 4.34. The Morgan fingerprint density at radius 3 is 1.76 bits per heavy atom. The Morgan fingerprint density at radius 2 is 1.29 bits per heavy atom. The van der Waals surface area contributed by atoms with Crippen LogP contribution in [0.3, 0.4) is 0 Å². The van der Waals surface area contributed by atoms with Crippen molar-refractivity contribution in [3.63, 3.8) is 0 Å². The highest BCUT2D eigenvalue weighted by Gasteiger charge is 2.07. The molecule has 2 aromatic rings. The number of hydrogen-bond donors (Lipinski definition) is 0. The maximum absolute atomic E-state index is 5.17. The van der Waals surface area contributed by atoms with Gasteiger partial charge in [-0.3, -0.25) is 0 Å². The van der Waals surface area contributed by atoms with E-state index in [0.29, 0.717) is 5.92 Å². The van der Waals surface area contributed by atoms with Crippen LogP contribution in [0.15, 0.2) is 48.5 Å². The number of methoxy groups -OCH3 is 1. The molecule has 1 heteroatoms. The molecule has 0 aliphatic rings. The molecule has 0 aliphatic carbocycles. The summed E-state index contributed by atoms with van der Waals surface area (Å²) < 4.78 is 5.17. The zero-order valence-corrected chi connectivity index (χ0v) is 10.6. The van der Waals surface area contributed by atoms with Crippen LogP contribution in [0.1, 0.15) is 29.5 Å². The molecule has 0 aliphatic heterocycles. The van der Waals surface area contributed by atoms with Gasteiger partial charge in [0.1, 0.15) is 5.75 Å². The molecule has 17 heavy (non-hydrogen) atoms. The monoisotopic (exact) mass is 226 g/mol. The Labute approximate surface area is 103 Å². The highest BCUT2D eigenvalue weighted by atomic mass is 16.5. The number of benzene rings is 2. The topological polar surface area (TPSA) is 9.23 Å². The summed E-state index contributed by atoms with van der Waals surface area (Å²) in [7, 11) is 1.69. The molecule has 88 valence electrons. The molecule has 2 rings (SSSR count). The summed E-state index contributed by atoms with van der Waals surface area (Å²) in [4.78, 5) is 0. The van der Waals surface area contributed by atoms with Gasteiger partial charge in [0.05, 0.1) is 7.11 Å². The molecule has 0 saturated heterocycles. The second-order valence-corrected chi connectivity index (χ2v) is 4.41. The minimum absolute atomic E-state index is 0.418. The van der Waals surface area contributed by atoms with Gasteiger partial charge in [0, 0.05) is 5.92 Å². The summed E-state index contributed by atoms with van der Waals surface area (Å²) in [6.07, 6.45) is 0. The van der Waals surface area contributed by atoms with Gasteiger partial charge < -0.3 is 4.74 Å². The van der Waals surface area contributed by atoms with E-state index < -0.39 is 0 Å². The SMILES string of the molecule is COc1ccc(C(C)c2ccc(C)cc2)cc1. The van der Waals surface area contributed by atoms with Crippen molar-refractivity contribution in [3.8, 4) is 5.75 Å². The highest BCUT2D eigenvalue weighted by molar-refractivity contribution is 5.36. The minimum atomic E-state index is 0.418. The normalized spacial score (nSPS) is 12.2. The van der Waals surface area contributed by atoms with Crippen LogP contribution in [0, 0.1) is 6.92 Å². The Kier molecular flexibility index (Phi) is 3.48. The van der Waals surface area contributed by atoms with E-state index >= 15 is 0 Å². The molecule has 2 aromatic carbocycles. The fraction of sp³-hybridized carbons (Fsp3) is 0.250. The third-order valence-corrected chi connectivity index (χ3v) is 3.19. The lowest BCUT2D eigenvalue weighted by atomic mass is 9.93. The van der Waals surface area contributed by atoms with Crippen molar-refractivity contribution in [2.24, 2.45) is 0 Å². The molecule has 0 N–H and O–H groups in total.